The third kappa shape index (κ3) is 5.92. The number of hydrogen-bond donors (Lipinski definition) is 0. The molecule has 0 saturated heterocycles. The third-order valence-electron chi connectivity index (χ3n) is 14.8. The van der Waals surface area contributed by atoms with E-state index >= 15 is 0 Å². The monoisotopic (exact) mass is 876 g/mol. The van der Waals surface area contributed by atoms with Crippen LogP contribution in [0.1, 0.15) is 22.3 Å². The maximum absolute atomic E-state index is 2.49. The van der Waals surface area contributed by atoms with Gasteiger partial charge in [-0.3, -0.25) is 0 Å². The van der Waals surface area contributed by atoms with Gasteiger partial charge in [0.2, 0.25) is 0 Å². The van der Waals surface area contributed by atoms with Crippen molar-refractivity contribution in [1.82, 2.24) is 4.57 Å². The molecule has 0 aliphatic heterocycles. The van der Waals surface area contributed by atoms with Gasteiger partial charge in [-0.15, -0.1) is 0 Å². The molecule has 322 valence electrons. The standard InChI is InChI=1S/C67H44N2/c1-3-17-45(18-4-1)46-35-38-51(39-36-46)68(52-40-41-57-56-24-9-14-28-62(56)67(63(57)44-52)60-26-12-7-22-54(60)55-23-8-13-27-61(55)67)64-29-15-10-21-53(64)48-33-31-47(32-34-48)49-37-42-66-59(43-49)58-25-11-16-30-65(58)69(66)50-19-5-2-6-20-50/h1-44H. The lowest BCUT2D eigenvalue weighted by Crippen LogP contribution is -2.26. The van der Waals surface area contributed by atoms with Gasteiger partial charge in [0.1, 0.15) is 0 Å². The number of benzene rings is 11. The molecule has 0 radical (unpaired) electrons. The minimum Gasteiger partial charge on any atom is -0.310 e. The fourth-order valence-electron chi connectivity index (χ4n) is 11.8. The Bertz CT molecular complexity index is 3870. The van der Waals surface area contributed by atoms with Crippen LogP contribution in [0.15, 0.2) is 267 Å². The average Bonchev–Trinajstić information content (AvgIpc) is 4.03. The molecule has 69 heavy (non-hydrogen) atoms. The SMILES string of the molecule is c1ccc(-c2ccc(N(c3ccc4c(c3)C3(c5ccccc5-c5ccccc53)c3ccccc3-4)c3ccccc3-c3ccc(-c4ccc5c(c4)c4ccccc4n5-c4ccccc4)cc3)cc2)cc1. The van der Waals surface area contributed by atoms with Crippen LogP contribution in [0.4, 0.5) is 17.1 Å². The van der Waals surface area contributed by atoms with E-state index in [0.717, 1.165) is 28.2 Å². The molecule has 0 unspecified atom stereocenters. The third-order valence-corrected chi connectivity index (χ3v) is 14.8. The van der Waals surface area contributed by atoms with Crippen LogP contribution in [0.3, 0.4) is 0 Å². The summed E-state index contributed by atoms with van der Waals surface area (Å²) in [4.78, 5) is 2.47. The second kappa shape index (κ2) is 15.6. The number of para-hydroxylation sites is 3. The first-order chi connectivity index (χ1) is 34.2. The van der Waals surface area contributed by atoms with Crippen LogP contribution in [0.5, 0.6) is 0 Å². The van der Waals surface area contributed by atoms with Crippen LogP contribution in [0, 0.1) is 0 Å². The van der Waals surface area contributed by atoms with Crippen molar-refractivity contribution in [2.75, 3.05) is 4.90 Å². The minimum atomic E-state index is -0.452. The Balaban J connectivity index is 0.918. The summed E-state index contributed by atoms with van der Waals surface area (Å²) in [5.74, 6) is 0. The first-order valence-corrected chi connectivity index (χ1v) is 23.9. The second-order valence-corrected chi connectivity index (χ2v) is 18.4. The van der Waals surface area contributed by atoms with E-state index in [1.807, 2.05) is 0 Å². The first kappa shape index (κ1) is 39.2. The molecule has 2 aliphatic rings. The molecule has 0 bridgehead atoms. The highest BCUT2D eigenvalue weighted by Crippen LogP contribution is 2.63. The van der Waals surface area contributed by atoms with Gasteiger partial charge in [-0.2, -0.15) is 0 Å². The van der Waals surface area contributed by atoms with E-state index < -0.39 is 5.41 Å². The topological polar surface area (TPSA) is 8.17 Å². The Kier molecular flexibility index (Phi) is 8.84. The molecule has 11 aromatic carbocycles. The molecular formula is C67H44N2. The fraction of sp³-hybridized carbons (Fsp3) is 0.0149. The molecule has 0 atom stereocenters. The summed E-state index contributed by atoms with van der Waals surface area (Å²) in [7, 11) is 0. The van der Waals surface area contributed by atoms with Crippen molar-refractivity contribution < 1.29 is 0 Å². The van der Waals surface area contributed by atoms with E-state index in [1.54, 1.807) is 0 Å². The predicted molar refractivity (Wildman–Crippen MR) is 288 cm³/mol. The lowest BCUT2D eigenvalue weighted by Gasteiger charge is -2.32. The summed E-state index contributed by atoms with van der Waals surface area (Å²) in [5.41, 5.74) is 24.1. The quantitative estimate of drug-likeness (QED) is 0.155. The van der Waals surface area contributed by atoms with Crippen molar-refractivity contribution in [3.05, 3.63) is 289 Å². The molecule has 2 nitrogen and oxygen atoms in total. The summed E-state index contributed by atoms with van der Waals surface area (Å²) in [6.07, 6.45) is 0. The number of rotatable bonds is 7. The maximum atomic E-state index is 2.49. The second-order valence-electron chi connectivity index (χ2n) is 18.4. The van der Waals surface area contributed by atoms with Crippen molar-refractivity contribution in [1.29, 1.82) is 0 Å². The number of hydrogen-bond acceptors (Lipinski definition) is 1. The van der Waals surface area contributed by atoms with Gasteiger partial charge < -0.3 is 9.47 Å². The van der Waals surface area contributed by atoms with Gasteiger partial charge in [0.25, 0.3) is 0 Å². The molecule has 2 heteroatoms. The Morgan fingerprint density at radius 2 is 0.739 bits per heavy atom. The van der Waals surface area contributed by atoms with E-state index in [2.05, 4.69) is 276 Å². The lowest BCUT2D eigenvalue weighted by atomic mass is 9.70. The zero-order valence-electron chi connectivity index (χ0n) is 37.8. The Labute approximate surface area is 402 Å². The molecule has 0 N–H and O–H groups in total. The number of aromatic nitrogens is 1. The van der Waals surface area contributed by atoms with Crippen molar-refractivity contribution >= 4 is 38.9 Å². The fourth-order valence-corrected chi connectivity index (χ4v) is 11.8. The molecule has 14 rings (SSSR count). The van der Waals surface area contributed by atoms with Crippen LogP contribution in [0.25, 0.3) is 83.1 Å². The van der Waals surface area contributed by atoms with Crippen LogP contribution < -0.4 is 4.90 Å². The van der Waals surface area contributed by atoms with Gasteiger partial charge >= 0.3 is 0 Å². The molecule has 12 aromatic rings. The van der Waals surface area contributed by atoms with Crippen LogP contribution in [-0.4, -0.2) is 4.57 Å². The molecule has 0 amide bonds. The van der Waals surface area contributed by atoms with Crippen molar-refractivity contribution in [3.63, 3.8) is 0 Å². The molecule has 1 heterocycles. The van der Waals surface area contributed by atoms with Crippen molar-refractivity contribution in [2.24, 2.45) is 0 Å². The number of anilines is 3. The molecule has 1 aromatic heterocycles. The number of nitrogens with zero attached hydrogens (tertiary/aromatic N) is 2. The van der Waals surface area contributed by atoms with Crippen molar-refractivity contribution in [3.8, 4) is 61.3 Å². The largest absolute Gasteiger partial charge is 0.310 e. The Morgan fingerprint density at radius 1 is 0.275 bits per heavy atom. The van der Waals surface area contributed by atoms with Crippen molar-refractivity contribution in [2.45, 2.75) is 5.41 Å². The summed E-state index contributed by atoms with van der Waals surface area (Å²) < 4.78 is 2.38. The lowest BCUT2D eigenvalue weighted by molar-refractivity contribution is 0.793. The van der Waals surface area contributed by atoms with Gasteiger partial charge in [0.05, 0.1) is 22.1 Å². The molecule has 0 fully saturated rings. The maximum Gasteiger partial charge on any atom is 0.0726 e. The normalized spacial score (nSPS) is 12.8. The highest BCUT2D eigenvalue weighted by molar-refractivity contribution is 6.10. The van der Waals surface area contributed by atoms with Crippen LogP contribution in [0.2, 0.25) is 0 Å². The molecular weight excluding hydrogens is 833 g/mol. The van der Waals surface area contributed by atoms with E-state index in [0.29, 0.717) is 0 Å². The summed E-state index contributed by atoms with van der Waals surface area (Å²) in [5, 5.41) is 2.50. The van der Waals surface area contributed by atoms with Crippen LogP contribution in [-0.2, 0) is 5.41 Å². The van der Waals surface area contributed by atoms with E-state index in [9.17, 15) is 0 Å². The van der Waals surface area contributed by atoms with Gasteiger partial charge in [-0.25, -0.2) is 0 Å². The zero-order chi connectivity index (χ0) is 45.5. The minimum absolute atomic E-state index is 0.452. The van der Waals surface area contributed by atoms with Gasteiger partial charge in [-0.1, -0.05) is 206 Å². The Hall–Kier alpha value is -8.98. The Morgan fingerprint density at radius 3 is 1.42 bits per heavy atom. The molecule has 0 saturated carbocycles. The van der Waals surface area contributed by atoms with E-state index in [1.165, 1.54) is 94.3 Å². The summed E-state index contributed by atoms with van der Waals surface area (Å²) in [6.45, 7) is 0. The van der Waals surface area contributed by atoms with E-state index in [-0.39, 0.29) is 0 Å². The average molecular weight is 877 g/mol. The smallest absolute Gasteiger partial charge is 0.0726 e. The number of fused-ring (bicyclic) bond motifs is 13. The highest BCUT2D eigenvalue weighted by Gasteiger charge is 2.51. The molecule has 1 spiro atoms. The van der Waals surface area contributed by atoms with Gasteiger partial charge in [0.15, 0.2) is 0 Å². The predicted octanol–water partition coefficient (Wildman–Crippen LogP) is 17.6. The first-order valence-electron chi connectivity index (χ1n) is 23.9. The summed E-state index contributed by atoms with van der Waals surface area (Å²) >= 11 is 0. The highest BCUT2D eigenvalue weighted by atomic mass is 15.1. The molecule has 2 aliphatic carbocycles. The van der Waals surface area contributed by atoms with Gasteiger partial charge in [-0.05, 0) is 133 Å². The van der Waals surface area contributed by atoms with Crippen LogP contribution >= 0.6 is 0 Å². The summed E-state index contributed by atoms with van der Waals surface area (Å²) in [6, 6.07) is 98.5. The van der Waals surface area contributed by atoms with Gasteiger partial charge in [0, 0.05) is 33.4 Å². The van der Waals surface area contributed by atoms with E-state index in [4.69, 9.17) is 0 Å². The zero-order valence-corrected chi connectivity index (χ0v) is 37.8.